The first-order valence-corrected chi connectivity index (χ1v) is 13.9. The topological polar surface area (TPSA) is 105 Å². The van der Waals surface area contributed by atoms with Crippen LogP contribution in [-0.2, 0) is 29.0 Å². The highest BCUT2D eigenvalue weighted by Crippen LogP contribution is 2.38. The third-order valence-corrected chi connectivity index (χ3v) is 9.58. The number of hydrogen-bond donors (Lipinski definition) is 1. The maximum atomic E-state index is 13.3. The summed E-state index contributed by atoms with van der Waals surface area (Å²) < 4.78 is 67.8. The quantitative estimate of drug-likeness (QED) is 0.275. The highest BCUT2D eigenvalue weighted by molar-refractivity contribution is 7.91. The van der Waals surface area contributed by atoms with Gasteiger partial charge in [-0.2, -0.15) is 25.9 Å². The molecule has 38 heavy (non-hydrogen) atoms. The SMILES string of the molecule is CCc1nc2cc(C(F)(F)F)c(Cl)cc2n1-c1ccc(CCN(C(=O)O)S(=O)(=O)c2sc(C)nc2C)cc1. The molecule has 8 nitrogen and oxygen atoms in total. The Bertz CT molecular complexity index is 1630. The van der Waals surface area contributed by atoms with Crippen LogP contribution in [0.2, 0.25) is 5.02 Å². The molecule has 2 aromatic carbocycles. The van der Waals surface area contributed by atoms with Gasteiger partial charge >= 0.3 is 12.3 Å². The second kappa shape index (κ2) is 10.2. The fourth-order valence-electron chi connectivity index (χ4n) is 4.10. The van der Waals surface area contributed by atoms with Crippen LogP contribution in [0.15, 0.2) is 40.6 Å². The number of hydrogen-bond acceptors (Lipinski definition) is 6. The molecule has 0 atom stereocenters. The van der Waals surface area contributed by atoms with E-state index in [4.69, 9.17) is 11.6 Å². The molecular weight excluding hydrogens is 565 g/mol. The summed E-state index contributed by atoms with van der Waals surface area (Å²) in [5.41, 5.74) is 1.11. The van der Waals surface area contributed by atoms with Gasteiger partial charge in [0.05, 0.1) is 32.3 Å². The molecule has 1 N–H and O–H groups in total. The number of aromatic nitrogens is 3. The highest BCUT2D eigenvalue weighted by atomic mass is 35.5. The van der Waals surface area contributed by atoms with Gasteiger partial charge in [0.2, 0.25) is 0 Å². The Balaban J connectivity index is 1.62. The highest BCUT2D eigenvalue weighted by Gasteiger charge is 2.34. The minimum atomic E-state index is -4.61. The van der Waals surface area contributed by atoms with Gasteiger partial charge in [-0.25, -0.2) is 14.8 Å². The van der Waals surface area contributed by atoms with Crippen LogP contribution >= 0.6 is 22.9 Å². The molecule has 4 rings (SSSR count). The van der Waals surface area contributed by atoms with Gasteiger partial charge in [0.1, 0.15) is 5.82 Å². The number of thiazole rings is 1. The Labute approximate surface area is 225 Å². The van der Waals surface area contributed by atoms with E-state index < -0.39 is 32.9 Å². The number of carbonyl (C=O) groups is 1. The van der Waals surface area contributed by atoms with Crippen molar-refractivity contribution in [1.82, 2.24) is 18.8 Å². The molecular formula is C24H22ClF3N4O4S2. The molecule has 14 heteroatoms. The summed E-state index contributed by atoms with van der Waals surface area (Å²) in [6.45, 7) is 4.67. The van der Waals surface area contributed by atoms with E-state index in [1.165, 1.54) is 13.0 Å². The molecule has 0 aliphatic heterocycles. The Morgan fingerprint density at radius 1 is 1.16 bits per heavy atom. The van der Waals surface area contributed by atoms with Crippen LogP contribution in [0.25, 0.3) is 16.7 Å². The number of carboxylic acid groups (broad SMARTS) is 1. The number of benzene rings is 2. The standard InChI is InChI=1S/C24H22ClF3N4O4S2/c1-4-21-30-19-11-17(24(26,27)28)18(25)12-20(19)32(21)16-7-5-15(6-8-16)9-10-31(23(33)34)38(35,36)22-13(2)29-14(3)37-22/h5-8,11-12H,4,9-10H2,1-3H3,(H,33,34). The van der Waals surface area contributed by atoms with Gasteiger partial charge in [0.25, 0.3) is 10.0 Å². The van der Waals surface area contributed by atoms with Gasteiger partial charge in [0.15, 0.2) is 4.21 Å². The van der Waals surface area contributed by atoms with Crippen LogP contribution in [0.4, 0.5) is 18.0 Å². The maximum Gasteiger partial charge on any atom is 0.421 e. The number of aryl methyl sites for hydroxylation is 3. The van der Waals surface area contributed by atoms with E-state index in [0.717, 1.165) is 17.4 Å². The normalized spacial score (nSPS) is 12.3. The van der Waals surface area contributed by atoms with E-state index in [9.17, 15) is 31.5 Å². The summed E-state index contributed by atoms with van der Waals surface area (Å²) in [6, 6.07) is 8.96. The lowest BCUT2D eigenvalue weighted by Gasteiger charge is -2.18. The van der Waals surface area contributed by atoms with Crippen molar-refractivity contribution in [3.05, 3.63) is 69.1 Å². The fourth-order valence-corrected chi connectivity index (χ4v) is 7.22. The minimum Gasteiger partial charge on any atom is -0.464 e. The first-order valence-electron chi connectivity index (χ1n) is 11.3. The monoisotopic (exact) mass is 586 g/mol. The number of imidazole rings is 1. The predicted molar refractivity (Wildman–Crippen MR) is 138 cm³/mol. The summed E-state index contributed by atoms with van der Waals surface area (Å²) in [4.78, 5) is 20.2. The third kappa shape index (κ3) is 5.22. The number of amides is 1. The smallest absolute Gasteiger partial charge is 0.421 e. The Kier molecular flexibility index (Phi) is 7.47. The molecule has 2 aromatic heterocycles. The molecule has 2 heterocycles. The summed E-state index contributed by atoms with van der Waals surface area (Å²) in [5, 5.41) is 9.68. The van der Waals surface area contributed by atoms with E-state index in [-0.39, 0.29) is 28.4 Å². The van der Waals surface area contributed by atoms with Crippen LogP contribution in [0.5, 0.6) is 0 Å². The Hall–Kier alpha value is -3.16. The van der Waals surface area contributed by atoms with Gasteiger partial charge in [-0.15, -0.1) is 11.3 Å². The summed E-state index contributed by atoms with van der Waals surface area (Å²) in [6.07, 6.45) is -5.66. The van der Waals surface area contributed by atoms with Crippen LogP contribution < -0.4 is 0 Å². The molecule has 0 fully saturated rings. The van der Waals surface area contributed by atoms with Crippen LogP contribution in [0.1, 0.15) is 34.6 Å². The molecule has 202 valence electrons. The van der Waals surface area contributed by atoms with Crippen molar-refractivity contribution in [3.8, 4) is 5.69 Å². The number of halogens is 4. The van der Waals surface area contributed by atoms with Crippen molar-refractivity contribution < 1.29 is 31.5 Å². The number of rotatable bonds is 7. The van der Waals surface area contributed by atoms with Crippen molar-refractivity contribution in [2.45, 2.75) is 44.0 Å². The van der Waals surface area contributed by atoms with E-state index in [1.54, 1.807) is 35.8 Å². The van der Waals surface area contributed by atoms with Crippen molar-refractivity contribution >= 4 is 50.1 Å². The largest absolute Gasteiger partial charge is 0.464 e. The molecule has 4 aromatic rings. The van der Waals surface area contributed by atoms with Gasteiger partial charge < -0.3 is 5.11 Å². The molecule has 0 radical (unpaired) electrons. The number of fused-ring (bicyclic) bond motifs is 1. The average molecular weight is 587 g/mol. The second-order valence-corrected chi connectivity index (χ2v) is 12.1. The van der Waals surface area contributed by atoms with Gasteiger partial charge in [0, 0.05) is 18.7 Å². The molecule has 0 unspecified atom stereocenters. The lowest BCUT2D eigenvalue weighted by atomic mass is 10.1. The number of alkyl halides is 3. The third-order valence-electron chi connectivity index (χ3n) is 5.83. The average Bonchev–Trinajstić information content (AvgIpc) is 3.36. The number of nitrogens with zero attached hydrogens (tertiary/aromatic N) is 4. The summed E-state index contributed by atoms with van der Waals surface area (Å²) in [5.74, 6) is 0.529. The summed E-state index contributed by atoms with van der Waals surface area (Å²) >= 11 is 6.86. The van der Waals surface area contributed by atoms with E-state index >= 15 is 0 Å². The summed E-state index contributed by atoms with van der Waals surface area (Å²) in [7, 11) is -4.29. The van der Waals surface area contributed by atoms with E-state index in [0.29, 0.717) is 38.3 Å². The van der Waals surface area contributed by atoms with Crippen molar-refractivity contribution in [2.75, 3.05) is 6.54 Å². The van der Waals surface area contributed by atoms with Gasteiger partial charge in [-0.3, -0.25) is 4.57 Å². The first-order chi connectivity index (χ1) is 17.7. The Morgan fingerprint density at radius 3 is 2.34 bits per heavy atom. The lowest BCUT2D eigenvalue weighted by molar-refractivity contribution is -0.137. The lowest BCUT2D eigenvalue weighted by Crippen LogP contribution is -2.37. The molecule has 0 spiro atoms. The van der Waals surface area contributed by atoms with Crippen molar-refractivity contribution in [2.24, 2.45) is 0 Å². The maximum absolute atomic E-state index is 13.3. The van der Waals surface area contributed by atoms with Crippen LogP contribution in [0.3, 0.4) is 0 Å². The fraction of sp³-hybridized carbons (Fsp3) is 0.292. The second-order valence-electron chi connectivity index (χ2n) is 8.42. The molecule has 0 saturated heterocycles. The predicted octanol–water partition coefficient (Wildman–Crippen LogP) is 6.24. The van der Waals surface area contributed by atoms with E-state index in [2.05, 4.69) is 9.97 Å². The first kappa shape index (κ1) is 27.9. The molecule has 0 aliphatic carbocycles. The zero-order valence-corrected chi connectivity index (χ0v) is 22.8. The van der Waals surface area contributed by atoms with Gasteiger partial charge in [-0.1, -0.05) is 30.7 Å². The number of sulfonamides is 1. The van der Waals surface area contributed by atoms with Crippen molar-refractivity contribution in [1.29, 1.82) is 0 Å². The van der Waals surface area contributed by atoms with Gasteiger partial charge in [-0.05, 0) is 50.1 Å². The van der Waals surface area contributed by atoms with Crippen LogP contribution in [-0.4, -0.2) is 45.0 Å². The Morgan fingerprint density at radius 2 is 1.82 bits per heavy atom. The molecule has 0 bridgehead atoms. The molecule has 1 amide bonds. The molecule has 0 aliphatic rings. The minimum absolute atomic E-state index is 0.106. The zero-order chi connectivity index (χ0) is 28.0. The van der Waals surface area contributed by atoms with Crippen LogP contribution in [0, 0.1) is 13.8 Å². The molecule has 0 saturated carbocycles. The van der Waals surface area contributed by atoms with Crippen molar-refractivity contribution in [3.63, 3.8) is 0 Å². The zero-order valence-electron chi connectivity index (χ0n) is 20.4. The van der Waals surface area contributed by atoms with E-state index in [1.807, 2.05) is 6.92 Å².